The highest BCUT2D eigenvalue weighted by atomic mass is 16.6. The van der Waals surface area contributed by atoms with Gasteiger partial charge in [-0.2, -0.15) is 0 Å². The van der Waals surface area contributed by atoms with Gasteiger partial charge in [0.25, 0.3) is 0 Å². The Bertz CT molecular complexity index is 50.6. The fourth-order valence-electron chi connectivity index (χ4n) is 0. The van der Waals surface area contributed by atoms with Gasteiger partial charge in [-0.05, 0) is 0 Å². The summed E-state index contributed by atoms with van der Waals surface area (Å²) in [4.78, 5) is 10.1. The fraction of sp³-hybridized carbons (Fsp3) is 0. The van der Waals surface area contributed by atoms with Crippen LogP contribution in [-0.4, -0.2) is 5.21 Å². The molecule has 0 radical (unpaired) electrons. The van der Waals surface area contributed by atoms with E-state index in [1.54, 1.807) is 0 Å². The van der Waals surface area contributed by atoms with E-state index in [-0.39, 0.29) is 0 Å². The molecular weight excluding hydrogens is 88.0 g/mol. The summed E-state index contributed by atoms with van der Waals surface area (Å²) < 4.78 is 0. The summed E-state index contributed by atoms with van der Waals surface area (Å²) in [5.41, 5.74) is 11.0. The van der Waals surface area contributed by atoms with Crippen molar-refractivity contribution in [2.45, 2.75) is 0 Å². The average molecular weight is 91.0 g/mol. The molecule has 0 rings (SSSR count). The van der Waals surface area contributed by atoms with Crippen molar-refractivity contribution in [2.75, 3.05) is 0 Å². The smallest absolute Gasteiger partial charge is 0.211 e. The van der Waals surface area contributed by atoms with Gasteiger partial charge in [-0.15, -0.1) is 4.91 Å². The molecule has 0 aliphatic carbocycles. The van der Waals surface area contributed by atoms with Crippen LogP contribution < -0.4 is 4.91 Å². The number of rotatable bonds is 0. The number of nitrogens with one attached hydrogen (secondary N) is 2. The van der Waals surface area contributed by atoms with Gasteiger partial charge in [-0.3, -0.25) is 0 Å². The lowest BCUT2D eigenvalue weighted by Gasteiger charge is -1.32. The second kappa shape index (κ2) is 54.1. The molecule has 0 heterocycles. The van der Waals surface area contributed by atoms with Gasteiger partial charge in [0, 0.05) is 0 Å². The lowest BCUT2D eigenvalue weighted by Crippen LogP contribution is -1.25. The van der Waals surface area contributed by atoms with Gasteiger partial charge in [-0.25, -0.2) is 0 Å². The first-order valence-electron chi connectivity index (χ1n) is 0.830. The van der Waals surface area contributed by atoms with Crippen LogP contribution in [0.25, 0.3) is 0 Å². The second-order valence-corrected chi connectivity index (χ2v) is 0.193. The zero-order valence-electron chi connectivity index (χ0n) is 2.75. The van der Waals surface area contributed by atoms with Crippen LogP contribution in [0.15, 0.2) is 5.34 Å². The van der Waals surface area contributed by atoms with Crippen LogP contribution in [0.3, 0.4) is 0 Å². The summed E-state index contributed by atoms with van der Waals surface area (Å²) in [5, 5.41) is 7.89. The van der Waals surface area contributed by atoms with E-state index in [0.29, 0.717) is 0 Å². The van der Waals surface area contributed by atoms with Crippen molar-refractivity contribution in [3.8, 4) is 0 Å². The zero-order chi connectivity index (χ0) is 5.41. The largest absolute Gasteiger partial charge is 0.379 e. The third-order valence-corrected chi connectivity index (χ3v) is 0. The number of hydrogen-bond acceptors (Lipinski definition) is 4. The highest BCUT2D eigenvalue weighted by Gasteiger charge is 1.18. The highest BCUT2D eigenvalue weighted by Crippen LogP contribution is 1.25. The first-order chi connectivity index (χ1) is 2.83. The van der Waals surface area contributed by atoms with Crippen LogP contribution >= 0.6 is 0 Å². The summed E-state index contributed by atoms with van der Waals surface area (Å²) in [6, 6.07) is 0. The molecule has 0 aliphatic rings. The summed E-state index contributed by atoms with van der Waals surface area (Å²) in [6.45, 7) is 0. The molecule has 0 atom stereocenters. The minimum atomic E-state index is 1.25. The van der Waals surface area contributed by atoms with Gasteiger partial charge in [0.05, 0.1) is 0 Å². The Kier molecular flexibility index (Phi) is 79.5. The average Bonchev–Trinajstić information content (AvgIpc) is 1.39. The lowest BCUT2D eigenvalue weighted by molar-refractivity contribution is 0.312. The molecule has 0 saturated carbocycles. The quantitative estimate of drug-likeness (QED) is 0.172. The van der Waals surface area contributed by atoms with Gasteiger partial charge in [0.1, 0.15) is 11.1 Å². The standard InChI is InChI=1S/H2N3.HNO2/c1-3-2;2-1-3/h1-2H;(H,2,3)/q+1;. The van der Waals surface area contributed by atoms with Crippen LogP contribution in [0.5, 0.6) is 0 Å². The van der Waals surface area contributed by atoms with Crippen molar-refractivity contribution in [1.82, 2.24) is 4.91 Å². The SMILES string of the molecule is N=[N+]=N.O=NO. The molecule has 0 bridgehead atoms. The Labute approximate surface area is 32.7 Å². The predicted octanol–water partition coefficient (Wildman–Crippen LogP) is 0.258. The summed E-state index contributed by atoms with van der Waals surface area (Å²) in [5.74, 6) is 0. The molecule has 3 N–H and O–H groups in total. The molecule has 34 valence electrons. The van der Waals surface area contributed by atoms with E-state index < -0.39 is 0 Å². The van der Waals surface area contributed by atoms with E-state index in [4.69, 9.17) is 21.2 Å². The maximum absolute atomic E-state index is 8.11. The van der Waals surface area contributed by atoms with Crippen molar-refractivity contribution in [3.05, 3.63) is 4.91 Å². The highest BCUT2D eigenvalue weighted by molar-refractivity contribution is 3.83. The van der Waals surface area contributed by atoms with E-state index in [9.17, 15) is 0 Å². The van der Waals surface area contributed by atoms with Gasteiger partial charge in [0.2, 0.25) is 4.91 Å². The molecule has 0 aromatic carbocycles. The van der Waals surface area contributed by atoms with Crippen LogP contribution in [0.4, 0.5) is 0 Å². The maximum Gasteiger partial charge on any atom is 0.211 e. The normalized spacial score (nSPS) is 3.33. The van der Waals surface area contributed by atoms with Gasteiger partial charge >= 0.3 is 0 Å². The minimum absolute atomic E-state index is 1.25. The number of nitrogens with zero attached hydrogens (tertiary/aromatic N) is 2. The monoisotopic (exact) mass is 91.0 g/mol. The van der Waals surface area contributed by atoms with Crippen molar-refractivity contribution in [1.29, 1.82) is 11.1 Å². The Morgan fingerprint density at radius 3 is 1.67 bits per heavy atom. The van der Waals surface area contributed by atoms with Crippen LogP contribution in [0.2, 0.25) is 0 Å². The Morgan fingerprint density at radius 2 is 1.67 bits per heavy atom. The molecule has 0 aromatic rings. The molecule has 0 aromatic heterocycles. The molecule has 6 heteroatoms. The Morgan fingerprint density at radius 1 is 1.67 bits per heavy atom. The Hall–Kier alpha value is -1.29. The van der Waals surface area contributed by atoms with Crippen molar-refractivity contribution >= 4 is 0 Å². The molecule has 0 unspecified atom stereocenters. The van der Waals surface area contributed by atoms with Crippen molar-refractivity contribution in [3.63, 3.8) is 0 Å². The van der Waals surface area contributed by atoms with E-state index in [2.05, 4.69) is 0 Å². The predicted molar refractivity (Wildman–Crippen MR) is 15.2 cm³/mol. The first kappa shape index (κ1) is 8.83. The van der Waals surface area contributed by atoms with Crippen LogP contribution in [0.1, 0.15) is 0 Å². The zero-order valence-corrected chi connectivity index (χ0v) is 2.75. The van der Waals surface area contributed by atoms with E-state index in [1.165, 1.54) is 5.34 Å². The van der Waals surface area contributed by atoms with Gasteiger partial charge < -0.3 is 5.21 Å². The molecule has 6 nitrogen and oxygen atoms in total. The molecule has 0 aliphatic heterocycles. The molecule has 0 spiro atoms. The molecule has 0 amide bonds. The fourth-order valence-corrected chi connectivity index (χ4v) is 0. The Balaban J connectivity index is 0. The number of hydrogen-bond donors (Lipinski definition) is 3. The van der Waals surface area contributed by atoms with Gasteiger partial charge in [-0.1, -0.05) is 0 Å². The molecule has 0 fully saturated rings. The summed E-state index contributed by atoms with van der Waals surface area (Å²) >= 11 is 0. The second-order valence-electron chi connectivity index (χ2n) is 0.193. The van der Waals surface area contributed by atoms with Crippen LogP contribution in [-0.2, 0) is 0 Å². The summed E-state index contributed by atoms with van der Waals surface area (Å²) in [7, 11) is 0. The van der Waals surface area contributed by atoms with Crippen molar-refractivity contribution < 1.29 is 5.21 Å². The van der Waals surface area contributed by atoms with Gasteiger partial charge in [0.15, 0.2) is 5.34 Å². The topological polar surface area (TPSA) is 111 Å². The minimum Gasteiger partial charge on any atom is -0.379 e. The van der Waals surface area contributed by atoms with E-state index >= 15 is 0 Å². The van der Waals surface area contributed by atoms with Crippen molar-refractivity contribution in [2.24, 2.45) is 5.34 Å². The molecular formula is H3N4O2+. The third-order valence-electron chi connectivity index (χ3n) is 0. The first-order valence-corrected chi connectivity index (χ1v) is 0.830. The van der Waals surface area contributed by atoms with E-state index in [0.717, 1.165) is 0 Å². The molecule has 6 heavy (non-hydrogen) atoms. The summed E-state index contributed by atoms with van der Waals surface area (Å²) in [6.07, 6.45) is 0. The van der Waals surface area contributed by atoms with Crippen LogP contribution in [0, 0.1) is 16.0 Å². The molecule has 0 saturated heterocycles. The third kappa shape index (κ3) is 4.76. The maximum atomic E-state index is 8.11. The lowest BCUT2D eigenvalue weighted by atomic mass is 13.0. The van der Waals surface area contributed by atoms with E-state index in [1.807, 2.05) is 4.91 Å².